The Balaban J connectivity index is 1.30. The summed E-state index contributed by atoms with van der Waals surface area (Å²) in [5, 5.41) is 4.98. The third-order valence-electron chi connectivity index (χ3n) is 9.66. The van der Waals surface area contributed by atoms with Crippen LogP contribution in [0.25, 0.3) is 83.5 Å². The van der Waals surface area contributed by atoms with Crippen LogP contribution in [0.3, 0.4) is 0 Å². The summed E-state index contributed by atoms with van der Waals surface area (Å²) in [5.41, 5.74) is 14.4. The van der Waals surface area contributed by atoms with Crippen LogP contribution < -0.4 is 0 Å². The molecule has 0 atom stereocenters. The summed E-state index contributed by atoms with van der Waals surface area (Å²) in [6, 6.07) is 52.6. The summed E-state index contributed by atoms with van der Waals surface area (Å²) in [7, 11) is 0. The smallest absolute Gasteiger partial charge is 0.0701 e. The number of hydrogen-bond acceptors (Lipinski definition) is 2. The maximum Gasteiger partial charge on any atom is 0.0701 e. The Hall–Kier alpha value is -6.12. The van der Waals surface area contributed by atoms with Gasteiger partial charge in [0.2, 0.25) is 0 Å². The van der Waals surface area contributed by atoms with Gasteiger partial charge in [-0.3, -0.25) is 9.97 Å². The quantitative estimate of drug-likeness (QED) is 0.181. The van der Waals surface area contributed by atoms with Crippen LogP contribution in [0.2, 0.25) is 0 Å². The van der Waals surface area contributed by atoms with Gasteiger partial charge in [0.05, 0.1) is 11.4 Å². The van der Waals surface area contributed by atoms with Crippen LogP contribution in [0.15, 0.2) is 164 Å². The number of aryl methyl sites for hydroxylation is 1. The fourth-order valence-corrected chi connectivity index (χ4v) is 7.37. The normalized spacial score (nSPS) is 12.3. The second-order valence-corrected chi connectivity index (χ2v) is 12.5. The lowest BCUT2D eigenvalue weighted by Crippen LogP contribution is -1.97. The highest BCUT2D eigenvalue weighted by molar-refractivity contribution is 6.22. The maximum atomic E-state index is 4.59. The Labute approximate surface area is 280 Å². The van der Waals surface area contributed by atoms with Crippen LogP contribution in [0, 0.1) is 0 Å². The summed E-state index contributed by atoms with van der Waals surface area (Å²) in [4.78, 5) is 9.18. The number of aromatic nitrogens is 2. The number of allylic oxidation sites excluding steroid dienone is 1. The molecule has 0 aliphatic heterocycles. The van der Waals surface area contributed by atoms with E-state index in [0.717, 1.165) is 35.4 Å². The van der Waals surface area contributed by atoms with E-state index in [4.69, 9.17) is 0 Å². The topological polar surface area (TPSA) is 25.8 Å². The van der Waals surface area contributed by atoms with Gasteiger partial charge >= 0.3 is 0 Å². The number of hydrogen-bond donors (Lipinski definition) is 0. The summed E-state index contributed by atoms with van der Waals surface area (Å²) < 4.78 is 0. The monoisotopic (exact) mass is 612 g/mol. The number of rotatable bonds is 5. The van der Waals surface area contributed by atoms with Crippen LogP contribution in [-0.4, -0.2) is 9.97 Å². The third-order valence-corrected chi connectivity index (χ3v) is 9.66. The summed E-state index contributed by atoms with van der Waals surface area (Å²) in [6.07, 6.45) is 10.5. The van der Waals surface area contributed by atoms with Crippen LogP contribution in [0.1, 0.15) is 17.5 Å². The van der Waals surface area contributed by atoms with Crippen molar-refractivity contribution in [3.63, 3.8) is 0 Å². The predicted octanol–water partition coefficient (Wildman–Crippen LogP) is 12.1. The minimum atomic E-state index is 0.979. The molecule has 0 bridgehead atoms. The molecule has 6 aromatic carbocycles. The fraction of sp³-hybridized carbons (Fsp3) is 0.0435. The molecule has 1 aliphatic rings. The number of pyridine rings is 2. The molecule has 0 fully saturated rings. The van der Waals surface area contributed by atoms with Gasteiger partial charge < -0.3 is 0 Å². The first-order chi connectivity index (χ1) is 23.8. The molecule has 2 nitrogen and oxygen atoms in total. The molecule has 0 saturated carbocycles. The van der Waals surface area contributed by atoms with Crippen molar-refractivity contribution in [2.75, 3.05) is 0 Å². The molecule has 48 heavy (non-hydrogen) atoms. The van der Waals surface area contributed by atoms with Gasteiger partial charge in [-0.2, -0.15) is 0 Å². The SMILES string of the molecule is C1=Cc2c(cccc2-c2ccc3c(-c4ccc(-c5ccccn5)cc4)c4ccccc4c(-c4ccc(-c5ccccn5)cc4)c3c2)CC1. The van der Waals surface area contributed by atoms with Crippen molar-refractivity contribution in [2.24, 2.45) is 0 Å². The molecule has 0 amide bonds. The van der Waals surface area contributed by atoms with Crippen molar-refractivity contribution >= 4 is 27.6 Å². The second kappa shape index (κ2) is 11.9. The van der Waals surface area contributed by atoms with E-state index in [1.807, 2.05) is 36.7 Å². The molecular weight excluding hydrogens is 581 g/mol. The van der Waals surface area contributed by atoms with Crippen LogP contribution in [0.5, 0.6) is 0 Å². The molecule has 2 aromatic heterocycles. The largest absolute Gasteiger partial charge is 0.256 e. The van der Waals surface area contributed by atoms with Crippen molar-refractivity contribution in [3.05, 3.63) is 175 Å². The van der Waals surface area contributed by atoms with Gasteiger partial charge in [-0.15, -0.1) is 0 Å². The zero-order chi connectivity index (χ0) is 31.9. The Morgan fingerprint density at radius 1 is 0.417 bits per heavy atom. The van der Waals surface area contributed by atoms with Gasteiger partial charge in [0.1, 0.15) is 0 Å². The zero-order valence-corrected chi connectivity index (χ0v) is 26.5. The molecule has 0 saturated heterocycles. The van der Waals surface area contributed by atoms with Gasteiger partial charge in [0.15, 0.2) is 0 Å². The van der Waals surface area contributed by atoms with Gasteiger partial charge in [0, 0.05) is 23.5 Å². The fourth-order valence-electron chi connectivity index (χ4n) is 7.37. The van der Waals surface area contributed by atoms with Gasteiger partial charge in [-0.05, 0) is 109 Å². The van der Waals surface area contributed by atoms with Gasteiger partial charge in [-0.1, -0.05) is 127 Å². The van der Waals surface area contributed by atoms with Crippen LogP contribution in [-0.2, 0) is 6.42 Å². The minimum absolute atomic E-state index is 0.979. The average molecular weight is 613 g/mol. The molecule has 1 aliphatic carbocycles. The van der Waals surface area contributed by atoms with E-state index in [1.165, 1.54) is 66.1 Å². The average Bonchev–Trinajstić information content (AvgIpc) is 3.17. The minimum Gasteiger partial charge on any atom is -0.256 e. The van der Waals surface area contributed by atoms with E-state index in [0.29, 0.717) is 0 Å². The van der Waals surface area contributed by atoms with E-state index in [9.17, 15) is 0 Å². The highest BCUT2D eigenvalue weighted by Gasteiger charge is 2.19. The highest BCUT2D eigenvalue weighted by atomic mass is 14.7. The van der Waals surface area contributed by atoms with Crippen LogP contribution in [0.4, 0.5) is 0 Å². The Morgan fingerprint density at radius 3 is 1.56 bits per heavy atom. The van der Waals surface area contributed by atoms with E-state index < -0.39 is 0 Å². The van der Waals surface area contributed by atoms with Gasteiger partial charge in [0.25, 0.3) is 0 Å². The van der Waals surface area contributed by atoms with Crippen molar-refractivity contribution in [1.82, 2.24) is 9.97 Å². The maximum absolute atomic E-state index is 4.59. The van der Waals surface area contributed by atoms with Crippen molar-refractivity contribution < 1.29 is 0 Å². The molecule has 2 heteroatoms. The number of fused-ring (bicyclic) bond motifs is 3. The first kappa shape index (κ1) is 28.1. The summed E-state index contributed by atoms with van der Waals surface area (Å²) >= 11 is 0. The van der Waals surface area contributed by atoms with E-state index in [2.05, 4.69) is 143 Å². The molecule has 0 radical (unpaired) electrons. The second-order valence-electron chi connectivity index (χ2n) is 12.5. The lowest BCUT2D eigenvalue weighted by Gasteiger charge is -2.20. The molecule has 0 N–H and O–H groups in total. The van der Waals surface area contributed by atoms with E-state index >= 15 is 0 Å². The van der Waals surface area contributed by atoms with Crippen LogP contribution >= 0.6 is 0 Å². The molecule has 2 heterocycles. The zero-order valence-electron chi connectivity index (χ0n) is 26.5. The molecule has 8 aromatic rings. The van der Waals surface area contributed by atoms with E-state index in [-0.39, 0.29) is 0 Å². The summed E-state index contributed by atoms with van der Waals surface area (Å²) in [6.45, 7) is 0. The third kappa shape index (κ3) is 4.90. The molecular formula is C46H32N2. The molecule has 0 unspecified atom stereocenters. The Morgan fingerprint density at radius 2 is 0.958 bits per heavy atom. The molecule has 0 spiro atoms. The Kier molecular flexibility index (Phi) is 6.98. The van der Waals surface area contributed by atoms with Gasteiger partial charge in [-0.25, -0.2) is 0 Å². The predicted molar refractivity (Wildman–Crippen MR) is 202 cm³/mol. The van der Waals surface area contributed by atoms with Crippen molar-refractivity contribution in [2.45, 2.75) is 12.8 Å². The number of benzene rings is 6. The van der Waals surface area contributed by atoms with E-state index in [1.54, 1.807) is 0 Å². The Bertz CT molecular complexity index is 2460. The molecule has 9 rings (SSSR count). The standard InChI is InChI=1S/C46H32N2/c1-2-12-37-31(10-1)11-9-15-38(37)36-26-27-41-42(30-36)46(35-24-20-33(21-25-35)44-17-6-8-29-48-44)40-14-4-3-13-39(40)45(41)34-22-18-32(19-23-34)43-16-5-7-28-47-43/h2-9,11-30H,1,10H2. The highest BCUT2D eigenvalue weighted by Crippen LogP contribution is 2.46. The molecule has 226 valence electrons. The first-order valence-electron chi connectivity index (χ1n) is 16.6. The lowest BCUT2D eigenvalue weighted by atomic mass is 9.83. The first-order valence-corrected chi connectivity index (χ1v) is 16.6. The van der Waals surface area contributed by atoms with Crippen molar-refractivity contribution in [1.29, 1.82) is 0 Å². The summed E-state index contributed by atoms with van der Waals surface area (Å²) in [5.74, 6) is 0. The lowest BCUT2D eigenvalue weighted by molar-refractivity contribution is 0.986. The van der Waals surface area contributed by atoms with Crippen molar-refractivity contribution in [3.8, 4) is 55.9 Å². The number of nitrogens with zero attached hydrogens (tertiary/aromatic N) is 2.